The zero-order valence-electron chi connectivity index (χ0n) is 11.7. The molecule has 0 bridgehead atoms. The van der Waals surface area contributed by atoms with Gasteiger partial charge in [0.15, 0.2) is 0 Å². The van der Waals surface area contributed by atoms with Crippen LogP contribution in [0.15, 0.2) is 18.2 Å². The number of hydrogen-bond donors (Lipinski definition) is 1. The van der Waals surface area contributed by atoms with Crippen LogP contribution in [0, 0.1) is 0 Å². The van der Waals surface area contributed by atoms with E-state index in [0.29, 0.717) is 6.04 Å². The Labute approximate surface area is 109 Å². The molecule has 0 saturated carbocycles. The maximum atomic E-state index is 10.0. The minimum atomic E-state index is -0.632. The third-order valence-corrected chi connectivity index (χ3v) is 3.59. The summed E-state index contributed by atoms with van der Waals surface area (Å²) < 4.78 is 5.44. The van der Waals surface area contributed by atoms with Crippen molar-refractivity contribution in [1.29, 1.82) is 0 Å². The third kappa shape index (κ3) is 2.46. The molecule has 1 aromatic rings. The predicted molar refractivity (Wildman–Crippen MR) is 74.4 cm³/mol. The number of hydrogen-bond acceptors (Lipinski definition) is 3. The van der Waals surface area contributed by atoms with E-state index in [2.05, 4.69) is 17.9 Å². The summed E-state index contributed by atoms with van der Waals surface area (Å²) >= 11 is 0. The lowest BCUT2D eigenvalue weighted by molar-refractivity contribution is 0.0635. The van der Waals surface area contributed by atoms with Crippen LogP contribution in [0.25, 0.3) is 0 Å². The van der Waals surface area contributed by atoms with E-state index in [1.807, 2.05) is 26.0 Å². The molecule has 1 aliphatic heterocycles. The fourth-order valence-corrected chi connectivity index (χ4v) is 2.95. The summed E-state index contributed by atoms with van der Waals surface area (Å²) in [7, 11) is 1.72. The Morgan fingerprint density at radius 2 is 2.17 bits per heavy atom. The first-order valence-corrected chi connectivity index (χ1v) is 6.61. The summed E-state index contributed by atoms with van der Waals surface area (Å²) in [5.41, 5.74) is 1.90. The number of methoxy groups -OCH3 is 1. The molecule has 100 valence electrons. The van der Waals surface area contributed by atoms with Gasteiger partial charge in [0, 0.05) is 23.8 Å². The molecular weight excluding hydrogens is 226 g/mol. The van der Waals surface area contributed by atoms with Crippen LogP contribution in [0.3, 0.4) is 0 Å². The second-order valence-electron chi connectivity index (χ2n) is 5.62. The number of rotatable bonds is 4. The van der Waals surface area contributed by atoms with Crippen LogP contribution in [0.4, 0.5) is 5.69 Å². The summed E-state index contributed by atoms with van der Waals surface area (Å²) in [4.78, 5) is 2.37. The zero-order valence-corrected chi connectivity index (χ0v) is 11.7. The molecule has 2 rings (SSSR count). The van der Waals surface area contributed by atoms with Crippen LogP contribution in [0.1, 0.15) is 32.8 Å². The highest BCUT2D eigenvalue weighted by atomic mass is 16.5. The predicted octanol–water partition coefficient (Wildman–Crippen LogP) is 2.61. The molecule has 1 N–H and O–H groups in total. The van der Waals surface area contributed by atoms with Gasteiger partial charge in [-0.2, -0.15) is 0 Å². The van der Waals surface area contributed by atoms with Crippen LogP contribution in [0.2, 0.25) is 0 Å². The number of nitrogens with zero attached hydrogens (tertiary/aromatic N) is 1. The van der Waals surface area contributed by atoms with Gasteiger partial charge in [0.1, 0.15) is 5.75 Å². The number of ether oxygens (including phenoxy) is 1. The van der Waals surface area contributed by atoms with Gasteiger partial charge in [0.05, 0.1) is 12.7 Å². The van der Waals surface area contributed by atoms with Crippen molar-refractivity contribution in [2.75, 3.05) is 18.6 Å². The Bertz CT molecular complexity index is 423. The maximum absolute atomic E-state index is 10.0. The van der Waals surface area contributed by atoms with E-state index in [0.717, 1.165) is 25.1 Å². The zero-order chi connectivity index (χ0) is 13.3. The molecule has 3 nitrogen and oxygen atoms in total. The van der Waals surface area contributed by atoms with E-state index in [-0.39, 0.29) is 0 Å². The molecule has 3 heteroatoms. The topological polar surface area (TPSA) is 32.7 Å². The van der Waals surface area contributed by atoms with Crippen molar-refractivity contribution in [2.45, 2.75) is 45.3 Å². The van der Waals surface area contributed by atoms with E-state index in [1.54, 1.807) is 7.11 Å². The fraction of sp³-hybridized carbons (Fsp3) is 0.600. The molecule has 1 atom stereocenters. The monoisotopic (exact) mass is 249 g/mol. The molecule has 18 heavy (non-hydrogen) atoms. The van der Waals surface area contributed by atoms with Gasteiger partial charge >= 0.3 is 0 Å². The Kier molecular flexibility index (Phi) is 3.53. The average molecular weight is 249 g/mol. The normalized spacial score (nSPS) is 18.9. The van der Waals surface area contributed by atoms with E-state index in [9.17, 15) is 5.11 Å². The maximum Gasteiger partial charge on any atom is 0.124 e. The summed E-state index contributed by atoms with van der Waals surface area (Å²) in [6.45, 7) is 6.87. The molecule has 1 aliphatic rings. The van der Waals surface area contributed by atoms with Gasteiger partial charge in [0.25, 0.3) is 0 Å². The van der Waals surface area contributed by atoms with Crippen LogP contribution in [-0.4, -0.2) is 30.4 Å². The van der Waals surface area contributed by atoms with E-state index < -0.39 is 5.60 Å². The Morgan fingerprint density at radius 3 is 2.72 bits per heavy atom. The molecule has 0 saturated heterocycles. The SMILES string of the molecule is CCN1c2cccc(OC)c2CC1CC(C)(C)O. The van der Waals surface area contributed by atoms with Gasteiger partial charge in [-0.25, -0.2) is 0 Å². The Hall–Kier alpha value is -1.22. The number of fused-ring (bicyclic) bond motifs is 1. The van der Waals surface area contributed by atoms with Crippen molar-refractivity contribution in [2.24, 2.45) is 0 Å². The van der Waals surface area contributed by atoms with E-state index >= 15 is 0 Å². The average Bonchev–Trinajstić information content (AvgIpc) is 2.63. The lowest BCUT2D eigenvalue weighted by atomic mass is 9.96. The largest absolute Gasteiger partial charge is 0.496 e. The molecular formula is C15H23NO2. The first kappa shape index (κ1) is 13.2. The fourth-order valence-electron chi connectivity index (χ4n) is 2.95. The van der Waals surface area contributed by atoms with Crippen molar-refractivity contribution >= 4 is 5.69 Å². The summed E-state index contributed by atoms with van der Waals surface area (Å²) in [6.07, 6.45) is 1.73. The second-order valence-corrected chi connectivity index (χ2v) is 5.62. The highest BCUT2D eigenvalue weighted by Gasteiger charge is 2.33. The van der Waals surface area contributed by atoms with Crippen molar-refractivity contribution < 1.29 is 9.84 Å². The summed E-state index contributed by atoms with van der Waals surface area (Å²) in [5, 5.41) is 10.0. The van der Waals surface area contributed by atoms with Gasteiger partial charge in [-0.05, 0) is 45.7 Å². The number of benzene rings is 1. The van der Waals surface area contributed by atoms with Gasteiger partial charge in [-0.3, -0.25) is 0 Å². The minimum absolute atomic E-state index is 0.362. The molecule has 0 amide bonds. The van der Waals surface area contributed by atoms with Gasteiger partial charge in [-0.1, -0.05) is 6.07 Å². The molecule has 0 aromatic heterocycles. The number of likely N-dealkylation sites (N-methyl/N-ethyl adjacent to an activating group) is 1. The van der Waals surface area contributed by atoms with Crippen LogP contribution in [0.5, 0.6) is 5.75 Å². The van der Waals surface area contributed by atoms with Crippen molar-refractivity contribution in [3.05, 3.63) is 23.8 Å². The first-order chi connectivity index (χ1) is 8.46. The van der Waals surface area contributed by atoms with E-state index in [4.69, 9.17) is 4.74 Å². The van der Waals surface area contributed by atoms with Crippen molar-refractivity contribution in [1.82, 2.24) is 0 Å². The lowest BCUT2D eigenvalue weighted by Crippen LogP contribution is -2.38. The smallest absolute Gasteiger partial charge is 0.124 e. The molecule has 0 spiro atoms. The van der Waals surface area contributed by atoms with Crippen LogP contribution < -0.4 is 9.64 Å². The molecule has 0 aliphatic carbocycles. The first-order valence-electron chi connectivity index (χ1n) is 6.61. The van der Waals surface area contributed by atoms with Gasteiger partial charge in [0.2, 0.25) is 0 Å². The van der Waals surface area contributed by atoms with Crippen LogP contribution in [-0.2, 0) is 6.42 Å². The highest BCUT2D eigenvalue weighted by Crippen LogP contribution is 2.39. The lowest BCUT2D eigenvalue weighted by Gasteiger charge is -2.30. The second kappa shape index (κ2) is 4.81. The number of anilines is 1. The molecule has 0 fully saturated rings. The third-order valence-electron chi connectivity index (χ3n) is 3.59. The molecule has 1 aromatic carbocycles. The van der Waals surface area contributed by atoms with Gasteiger partial charge < -0.3 is 14.7 Å². The van der Waals surface area contributed by atoms with Crippen molar-refractivity contribution in [3.63, 3.8) is 0 Å². The van der Waals surface area contributed by atoms with Crippen LogP contribution >= 0.6 is 0 Å². The summed E-state index contributed by atoms with van der Waals surface area (Å²) in [6, 6.07) is 6.55. The standard InChI is InChI=1S/C15H23NO2/c1-5-16-11(10-15(2,3)17)9-12-13(16)7-6-8-14(12)18-4/h6-8,11,17H,5,9-10H2,1-4H3. The van der Waals surface area contributed by atoms with E-state index in [1.165, 1.54) is 11.3 Å². The molecule has 1 unspecified atom stereocenters. The Balaban J connectivity index is 2.30. The van der Waals surface area contributed by atoms with Gasteiger partial charge in [-0.15, -0.1) is 0 Å². The molecule has 1 heterocycles. The highest BCUT2D eigenvalue weighted by molar-refractivity contribution is 5.64. The minimum Gasteiger partial charge on any atom is -0.496 e. The Morgan fingerprint density at radius 1 is 1.44 bits per heavy atom. The quantitative estimate of drug-likeness (QED) is 0.890. The number of aliphatic hydroxyl groups is 1. The molecule has 0 radical (unpaired) electrons. The van der Waals surface area contributed by atoms with Crippen molar-refractivity contribution in [3.8, 4) is 5.75 Å². The summed E-state index contributed by atoms with van der Waals surface area (Å²) in [5.74, 6) is 0.962.